The summed E-state index contributed by atoms with van der Waals surface area (Å²) in [6, 6.07) is 4.28. The van der Waals surface area contributed by atoms with Gasteiger partial charge < -0.3 is 5.73 Å². The Morgan fingerprint density at radius 2 is 2.19 bits per heavy atom. The third-order valence-electron chi connectivity index (χ3n) is 3.55. The van der Waals surface area contributed by atoms with Crippen LogP contribution in [0.5, 0.6) is 0 Å². The predicted molar refractivity (Wildman–Crippen MR) is 65.4 cm³/mol. The number of hydrogen-bond acceptors (Lipinski definition) is 4. The molecule has 0 saturated heterocycles. The van der Waals surface area contributed by atoms with Crippen molar-refractivity contribution in [1.82, 2.24) is 10.4 Å². The first-order valence-electron chi connectivity index (χ1n) is 5.96. The van der Waals surface area contributed by atoms with Crippen molar-refractivity contribution < 1.29 is 0 Å². The van der Waals surface area contributed by atoms with Crippen LogP contribution in [0.25, 0.3) is 0 Å². The van der Waals surface area contributed by atoms with E-state index in [1.54, 1.807) is 6.20 Å². The molecule has 1 unspecified atom stereocenters. The predicted octanol–water partition coefficient (Wildman–Crippen LogP) is 1.23. The van der Waals surface area contributed by atoms with Gasteiger partial charge in [0.25, 0.3) is 0 Å². The molecule has 0 aromatic carbocycles. The Hall–Kier alpha value is -1.13. The molecule has 16 heavy (non-hydrogen) atoms. The highest BCUT2D eigenvalue weighted by Gasteiger charge is 2.24. The van der Waals surface area contributed by atoms with E-state index >= 15 is 0 Å². The van der Waals surface area contributed by atoms with Crippen molar-refractivity contribution in [3.63, 3.8) is 0 Å². The van der Waals surface area contributed by atoms with E-state index in [9.17, 15) is 0 Å². The number of nitrogens with one attached hydrogen (secondary N) is 1. The Morgan fingerprint density at radius 1 is 1.44 bits per heavy atom. The Kier molecular flexibility index (Phi) is 3.74. The highest BCUT2D eigenvalue weighted by Crippen LogP contribution is 2.29. The Bertz CT molecular complexity index is 334. The van der Waals surface area contributed by atoms with Gasteiger partial charge >= 0.3 is 0 Å². The van der Waals surface area contributed by atoms with E-state index in [1.165, 1.54) is 25.7 Å². The van der Waals surface area contributed by atoms with Crippen LogP contribution in [0.4, 0.5) is 5.82 Å². The van der Waals surface area contributed by atoms with E-state index in [-0.39, 0.29) is 0 Å². The van der Waals surface area contributed by atoms with Gasteiger partial charge in [-0.3, -0.25) is 11.3 Å². The Balaban J connectivity index is 2.03. The minimum atomic E-state index is 0.328. The first kappa shape index (κ1) is 11.4. The van der Waals surface area contributed by atoms with Crippen molar-refractivity contribution in [2.24, 2.45) is 11.8 Å². The molecule has 0 spiro atoms. The maximum atomic E-state index is 5.84. The van der Waals surface area contributed by atoms with Crippen molar-refractivity contribution in [2.45, 2.75) is 38.1 Å². The smallest absolute Gasteiger partial charge is 0.126 e. The molecule has 2 rings (SSSR count). The number of nitrogen functional groups attached to an aromatic ring is 1. The van der Waals surface area contributed by atoms with Crippen LogP contribution in [0.2, 0.25) is 0 Å². The summed E-state index contributed by atoms with van der Waals surface area (Å²) in [5, 5.41) is 0. The van der Waals surface area contributed by atoms with E-state index in [0.29, 0.717) is 17.8 Å². The molecule has 0 amide bonds. The van der Waals surface area contributed by atoms with Crippen LogP contribution >= 0.6 is 0 Å². The lowest BCUT2D eigenvalue weighted by Gasteiger charge is -2.22. The zero-order valence-corrected chi connectivity index (χ0v) is 9.52. The van der Waals surface area contributed by atoms with E-state index in [0.717, 1.165) is 12.0 Å². The van der Waals surface area contributed by atoms with E-state index in [4.69, 9.17) is 11.6 Å². The van der Waals surface area contributed by atoms with Crippen LogP contribution in [-0.2, 0) is 6.42 Å². The summed E-state index contributed by atoms with van der Waals surface area (Å²) in [5.41, 5.74) is 9.87. The summed E-state index contributed by atoms with van der Waals surface area (Å²) in [4.78, 5) is 4.10. The van der Waals surface area contributed by atoms with Crippen molar-refractivity contribution in [3.8, 4) is 0 Å². The SMILES string of the molecule is NNC(Cc1cccnc1N)C1CCCC1. The first-order valence-corrected chi connectivity index (χ1v) is 5.96. The summed E-state index contributed by atoms with van der Waals surface area (Å²) >= 11 is 0. The van der Waals surface area contributed by atoms with Gasteiger partial charge in [0.05, 0.1) is 0 Å². The molecule has 1 saturated carbocycles. The maximum absolute atomic E-state index is 5.84. The third kappa shape index (κ3) is 2.51. The van der Waals surface area contributed by atoms with Crippen LogP contribution < -0.4 is 17.0 Å². The molecule has 88 valence electrons. The van der Waals surface area contributed by atoms with Gasteiger partial charge in [-0.1, -0.05) is 18.9 Å². The molecule has 5 N–H and O–H groups in total. The van der Waals surface area contributed by atoms with Gasteiger partial charge in [-0.2, -0.15) is 0 Å². The lowest BCUT2D eigenvalue weighted by atomic mass is 9.93. The summed E-state index contributed by atoms with van der Waals surface area (Å²) in [6.07, 6.45) is 7.79. The molecule has 0 bridgehead atoms. The molecule has 1 fully saturated rings. The van der Waals surface area contributed by atoms with Gasteiger partial charge in [0.15, 0.2) is 0 Å². The Labute approximate surface area is 96.4 Å². The molecule has 1 aromatic heterocycles. The molecule has 1 atom stereocenters. The number of hydrogen-bond donors (Lipinski definition) is 3. The summed E-state index contributed by atoms with van der Waals surface area (Å²) in [6.45, 7) is 0. The molecule has 1 aliphatic rings. The monoisotopic (exact) mass is 220 g/mol. The van der Waals surface area contributed by atoms with Crippen LogP contribution in [0.15, 0.2) is 18.3 Å². The van der Waals surface area contributed by atoms with E-state index in [2.05, 4.69) is 10.4 Å². The zero-order valence-electron chi connectivity index (χ0n) is 9.52. The first-order chi connectivity index (χ1) is 7.81. The second-order valence-electron chi connectivity index (χ2n) is 4.57. The number of anilines is 1. The minimum Gasteiger partial charge on any atom is -0.383 e. The average Bonchev–Trinajstić information content (AvgIpc) is 2.81. The van der Waals surface area contributed by atoms with Crippen molar-refractivity contribution in [3.05, 3.63) is 23.9 Å². The van der Waals surface area contributed by atoms with Crippen LogP contribution in [0.3, 0.4) is 0 Å². The molecular weight excluding hydrogens is 200 g/mol. The van der Waals surface area contributed by atoms with Crippen molar-refractivity contribution in [2.75, 3.05) is 5.73 Å². The standard InChI is InChI=1S/C12H20N4/c13-12-10(6-3-7-15-12)8-11(16-14)9-4-1-2-5-9/h3,6-7,9,11,16H,1-2,4-5,8,14H2,(H2,13,15). The lowest BCUT2D eigenvalue weighted by molar-refractivity contribution is 0.361. The number of pyridine rings is 1. The topological polar surface area (TPSA) is 77.0 Å². The minimum absolute atomic E-state index is 0.328. The molecule has 1 aromatic rings. The third-order valence-corrected chi connectivity index (χ3v) is 3.55. The number of hydrazine groups is 1. The van der Waals surface area contributed by atoms with Gasteiger partial charge in [0.1, 0.15) is 5.82 Å². The van der Waals surface area contributed by atoms with Gasteiger partial charge in [-0.05, 0) is 36.8 Å². The highest BCUT2D eigenvalue weighted by atomic mass is 15.2. The van der Waals surface area contributed by atoms with Crippen LogP contribution in [-0.4, -0.2) is 11.0 Å². The van der Waals surface area contributed by atoms with E-state index < -0.39 is 0 Å². The van der Waals surface area contributed by atoms with Gasteiger partial charge in [-0.25, -0.2) is 4.98 Å². The summed E-state index contributed by atoms with van der Waals surface area (Å²) in [7, 11) is 0. The van der Waals surface area contributed by atoms with Crippen molar-refractivity contribution >= 4 is 5.82 Å². The molecule has 0 aliphatic heterocycles. The molecule has 1 aliphatic carbocycles. The fraction of sp³-hybridized carbons (Fsp3) is 0.583. The number of rotatable bonds is 4. The van der Waals surface area contributed by atoms with E-state index in [1.807, 2.05) is 12.1 Å². The Morgan fingerprint density at radius 3 is 2.81 bits per heavy atom. The average molecular weight is 220 g/mol. The summed E-state index contributed by atoms with van der Waals surface area (Å²) in [5.74, 6) is 6.95. The highest BCUT2D eigenvalue weighted by molar-refractivity contribution is 5.38. The van der Waals surface area contributed by atoms with Crippen LogP contribution in [0, 0.1) is 5.92 Å². The number of nitrogens with two attached hydrogens (primary N) is 2. The molecular formula is C12H20N4. The molecule has 4 nitrogen and oxygen atoms in total. The maximum Gasteiger partial charge on any atom is 0.126 e. The fourth-order valence-corrected chi connectivity index (χ4v) is 2.58. The van der Waals surface area contributed by atoms with Gasteiger partial charge in [0.2, 0.25) is 0 Å². The van der Waals surface area contributed by atoms with Crippen molar-refractivity contribution in [1.29, 1.82) is 0 Å². The molecule has 4 heteroatoms. The molecule has 0 radical (unpaired) electrons. The largest absolute Gasteiger partial charge is 0.383 e. The molecule has 1 heterocycles. The fourth-order valence-electron chi connectivity index (χ4n) is 2.58. The van der Waals surface area contributed by atoms with Gasteiger partial charge in [0, 0.05) is 12.2 Å². The zero-order chi connectivity index (χ0) is 11.4. The summed E-state index contributed by atoms with van der Waals surface area (Å²) < 4.78 is 0. The second kappa shape index (κ2) is 5.27. The lowest BCUT2D eigenvalue weighted by Crippen LogP contribution is -2.41. The second-order valence-corrected chi connectivity index (χ2v) is 4.57. The number of aromatic nitrogens is 1. The number of nitrogens with zero attached hydrogens (tertiary/aromatic N) is 1. The van der Waals surface area contributed by atoms with Gasteiger partial charge in [-0.15, -0.1) is 0 Å². The van der Waals surface area contributed by atoms with Crippen LogP contribution in [0.1, 0.15) is 31.2 Å². The quantitative estimate of drug-likeness (QED) is 0.527. The normalized spacial score (nSPS) is 18.8.